The molecule has 2 unspecified atom stereocenters. The highest BCUT2D eigenvalue weighted by molar-refractivity contribution is 5.85. The fraction of sp³-hybridized carbons (Fsp3) is 0.846. The van der Waals surface area contributed by atoms with Gasteiger partial charge in [0.1, 0.15) is 5.41 Å². The van der Waals surface area contributed by atoms with Crippen molar-refractivity contribution in [3.63, 3.8) is 0 Å². The molecule has 4 heteroatoms. The standard InChI is InChI=1S/C13H22N2O2/c1-5-13(6-2,9-14)12(16)15(4)11-7-8-17-10(11)3/h10-11H,5-8H2,1-4H3. The molecule has 1 heterocycles. The molecule has 17 heavy (non-hydrogen) atoms. The second-order valence-corrected chi connectivity index (χ2v) is 4.75. The molecule has 1 amide bonds. The summed E-state index contributed by atoms with van der Waals surface area (Å²) in [5, 5.41) is 9.28. The van der Waals surface area contributed by atoms with Gasteiger partial charge in [-0.1, -0.05) is 13.8 Å². The molecule has 0 bridgehead atoms. The SMILES string of the molecule is CCC(C#N)(CC)C(=O)N(C)C1CCOC1C. The quantitative estimate of drug-likeness (QED) is 0.752. The highest BCUT2D eigenvalue weighted by Gasteiger charge is 2.41. The number of nitrogens with zero attached hydrogens (tertiary/aromatic N) is 2. The van der Waals surface area contributed by atoms with E-state index in [4.69, 9.17) is 4.74 Å². The van der Waals surface area contributed by atoms with E-state index in [1.165, 1.54) is 0 Å². The van der Waals surface area contributed by atoms with E-state index in [2.05, 4.69) is 6.07 Å². The maximum absolute atomic E-state index is 12.4. The van der Waals surface area contributed by atoms with Crippen LogP contribution in [0.25, 0.3) is 0 Å². The molecule has 1 aliphatic rings. The first-order valence-corrected chi connectivity index (χ1v) is 6.32. The van der Waals surface area contributed by atoms with E-state index in [0.717, 1.165) is 6.42 Å². The van der Waals surface area contributed by atoms with Gasteiger partial charge in [-0.2, -0.15) is 5.26 Å². The number of amides is 1. The second kappa shape index (κ2) is 5.50. The van der Waals surface area contributed by atoms with Gasteiger partial charge in [-0.15, -0.1) is 0 Å². The first kappa shape index (κ1) is 14.0. The van der Waals surface area contributed by atoms with Gasteiger partial charge in [-0.3, -0.25) is 4.79 Å². The maximum atomic E-state index is 12.4. The number of ether oxygens (including phenoxy) is 1. The maximum Gasteiger partial charge on any atom is 0.243 e. The van der Waals surface area contributed by atoms with Crippen LogP contribution in [0.1, 0.15) is 40.0 Å². The van der Waals surface area contributed by atoms with Crippen LogP contribution in [0, 0.1) is 16.7 Å². The van der Waals surface area contributed by atoms with Gasteiger partial charge in [0.25, 0.3) is 0 Å². The lowest BCUT2D eigenvalue weighted by Gasteiger charge is -2.33. The van der Waals surface area contributed by atoms with E-state index in [9.17, 15) is 10.1 Å². The van der Waals surface area contributed by atoms with Gasteiger partial charge >= 0.3 is 0 Å². The highest BCUT2D eigenvalue weighted by Crippen LogP contribution is 2.30. The summed E-state index contributed by atoms with van der Waals surface area (Å²) in [6, 6.07) is 2.31. The molecule has 0 spiro atoms. The van der Waals surface area contributed by atoms with Crippen LogP contribution in [0.2, 0.25) is 0 Å². The molecule has 2 atom stereocenters. The molecular weight excluding hydrogens is 216 g/mol. The summed E-state index contributed by atoms with van der Waals surface area (Å²) < 4.78 is 5.47. The van der Waals surface area contributed by atoms with E-state index < -0.39 is 5.41 Å². The zero-order chi connectivity index (χ0) is 13.1. The van der Waals surface area contributed by atoms with Gasteiger partial charge in [0.15, 0.2) is 0 Å². The molecule has 0 aromatic rings. The van der Waals surface area contributed by atoms with E-state index in [1.54, 1.807) is 11.9 Å². The molecule has 0 aromatic heterocycles. The van der Waals surface area contributed by atoms with Crippen LogP contribution in [-0.4, -0.2) is 36.6 Å². The van der Waals surface area contributed by atoms with Gasteiger partial charge in [0.2, 0.25) is 5.91 Å². The molecule has 96 valence electrons. The third-order valence-corrected chi connectivity index (χ3v) is 3.98. The van der Waals surface area contributed by atoms with Crippen molar-refractivity contribution in [3.8, 4) is 6.07 Å². The van der Waals surface area contributed by atoms with Crippen molar-refractivity contribution in [2.45, 2.75) is 52.2 Å². The van der Waals surface area contributed by atoms with Crippen molar-refractivity contribution in [2.75, 3.05) is 13.7 Å². The Morgan fingerprint density at radius 2 is 2.12 bits per heavy atom. The minimum atomic E-state index is -0.864. The number of hydrogen-bond donors (Lipinski definition) is 0. The van der Waals surface area contributed by atoms with Crippen molar-refractivity contribution in [1.29, 1.82) is 5.26 Å². The molecule has 0 radical (unpaired) electrons. The first-order chi connectivity index (χ1) is 8.02. The zero-order valence-corrected chi connectivity index (χ0v) is 11.2. The first-order valence-electron chi connectivity index (χ1n) is 6.32. The van der Waals surface area contributed by atoms with Gasteiger partial charge in [0, 0.05) is 13.7 Å². The second-order valence-electron chi connectivity index (χ2n) is 4.75. The van der Waals surface area contributed by atoms with Crippen molar-refractivity contribution in [3.05, 3.63) is 0 Å². The lowest BCUT2D eigenvalue weighted by atomic mass is 9.82. The van der Waals surface area contributed by atoms with Gasteiger partial charge in [-0.25, -0.2) is 0 Å². The van der Waals surface area contributed by atoms with Crippen LogP contribution in [0.5, 0.6) is 0 Å². The number of nitriles is 1. The van der Waals surface area contributed by atoms with Crippen molar-refractivity contribution >= 4 is 5.91 Å². The highest BCUT2D eigenvalue weighted by atomic mass is 16.5. The van der Waals surface area contributed by atoms with E-state index in [-0.39, 0.29) is 18.1 Å². The zero-order valence-electron chi connectivity index (χ0n) is 11.2. The third-order valence-electron chi connectivity index (χ3n) is 3.98. The Morgan fingerprint density at radius 1 is 1.53 bits per heavy atom. The molecule has 0 N–H and O–H groups in total. The number of hydrogen-bond acceptors (Lipinski definition) is 3. The number of rotatable bonds is 4. The predicted octanol–water partition coefficient (Wildman–Crippen LogP) is 1.95. The molecule has 4 nitrogen and oxygen atoms in total. The van der Waals surface area contributed by atoms with Crippen LogP contribution < -0.4 is 0 Å². The molecular formula is C13H22N2O2. The fourth-order valence-corrected chi connectivity index (χ4v) is 2.48. The van der Waals surface area contributed by atoms with Gasteiger partial charge < -0.3 is 9.64 Å². The van der Waals surface area contributed by atoms with E-state index in [0.29, 0.717) is 19.4 Å². The minimum Gasteiger partial charge on any atom is -0.376 e. The molecule has 1 fully saturated rings. The topological polar surface area (TPSA) is 53.3 Å². The Balaban J connectivity index is 2.85. The summed E-state index contributed by atoms with van der Waals surface area (Å²) in [5.74, 6) is -0.0626. The van der Waals surface area contributed by atoms with Gasteiger partial charge in [-0.05, 0) is 26.2 Å². The van der Waals surface area contributed by atoms with E-state index >= 15 is 0 Å². The average molecular weight is 238 g/mol. The summed E-state index contributed by atoms with van der Waals surface area (Å²) in [5.41, 5.74) is -0.864. The van der Waals surface area contributed by atoms with E-state index in [1.807, 2.05) is 20.8 Å². The molecule has 0 aromatic carbocycles. The average Bonchev–Trinajstić information content (AvgIpc) is 2.77. The summed E-state index contributed by atoms with van der Waals surface area (Å²) >= 11 is 0. The van der Waals surface area contributed by atoms with Crippen LogP contribution >= 0.6 is 0 Å². The van der Waals surface area contributed by atoms with Crippen molar-refractivity contribution < 1.29 is 9.53 Å². The summed E-state index contributed by atoms with van der Waals surface area (Å²) in [6.45, 7) is 6.47. The normalized spacial score (nSPS) is 24.4. The number of likely N-dealkylation sites (N-methyl/N-ethyl adjacent to an activating group) is 1. The largest absolute Gasteiger partial charge is 0.376 e. The molecule has 1 rings (SSSR count). The van der Waals surface area contributed by atoms with Crippen LogP contribution in [-0.2, 0) is 9.53 Å². The van der Waals surface area contributed by atoms with Gasteiger partial charge in [0.05, 0.1) is 18.2 Å². The minimum absolute atomic E-state index is 0.0626. The summed E-state index contributed by atoms with van der Waals surface area (Å²) in [4.78, 5) is 14.2. The molecule has 1 saturated heterocycles. The Hall–Kier alpha value is -1.08. The Labute approximate surface area is 104 Å². The summed E-state index contributed by atoms with van der Waals surface area (Å²) in [7, 11) is 1.79. The molecule has 0 saturated carbocycles. The predicted molar refractivity (Wildman–Crippen MR) is 65.2 cm³/mol. The fourth-order valence-electron chi connectivity index (χ4n) is 2.48. The number of carbonyl (C=O) groups is 1. The summed E-state index contributed by atoms with van der Waals surface area (Å²) in [6.07, 6.45) is 2.04. The monoisotopic (exact) mass is 238 g/mol. The van der Waals surface area contributed by atoms with Crippen molar-refractivity contribution in [2.24, 2.45) is 5.41 Å². The Kier molecular flexibility index (Phi) is 4.53. The smallest absolute Gasteiger partial charge is 0.243 e. The third kappa shape index (κ3) is 2.44. The number of carbonyl (C=O) groups excluding carboxylic acids is 1. The lowest BCUT2D eigenvalue weighted by Crippen LogP contribution is -2.48. The van der Waals surface area contributed by atoms with Crippen LogP contribution in [0.15, 0.2) is 0 Å². The van der Waals surface area contributed by atoms with Crippen molar-refractivity contribution in [1.82, 2.24) is 4.90 Å². The Morgan fingerprint density at radius 3 is 2.47 bits per heavy atom. The van der Waals surface area contributed by atoms with Crippen LogP contribution in [0.4, 0.5) is 0 Å². The van der Waals surface area contributed by atoms with Crippen LogP contribution in [0.3, 0.4) is 0 Å². The molecule has 1 aliphatic heterocycles. The lowest BCUT2D eigenvalue weighted by molar-refractivity contribution is -0.141. The molecule has 0 aliphatic carbocycles. The Bertz CT molecular complexity index is 318.